The summed E-state index contributed by atoms with van der Waals surface area (Å²) in [6.07, 6.45) is 1.66. The number of hydrogen-bond acceptors (Lipinski definition) is 7. The maximum Gasteiger partial charge on any atom is 0.313 e. The Hall–Kier alpha value is -4.62. The molecule has 4 aromatic rings. The summed E-state index contributed by atoms with van der Waals surface area (Å²) < 4.78 is 78.4. The highest BCUT2D eigenvalue weighted by molar-refractivity contribution is 6.34. The topological polar surface area (TPSA) is 118 Å². The van der Waals surface area contributed by atoms with Crippen molar-refractivity contribution in [3.8, 4) is 39.9 Å². The Bertz CT molecular complexity index is 2050. The highest BCUT2D eigenvalue weighted by Crippen LogP contribution is 2.55. The first-order chi connectivity index (χ1) is 22.5. The van der Waals surface area contributed by atoms with Gasteiger partial charge in [0.2, 0.25) is 17.4 Å². The number of amides is 1. The number of aromatic nitrogens is 2. The highest BCUT2D eigenvalue weighted by Gasteiger charge is 2.51. The molecular weight excluding hydrogens is 644 g/mol. The van der Waals surface area contributed by atoms with Crippen LogP contribution in [-0.2, 0) is 12.0 Å². The maximum absolute atomic E-state index is 16.9. The zero-order valence-corrected chi connectivity index (χ0v) is 25.2. The lowest BCUT2D eigenvalue weighted by Gasteiger charge is -2.35. The number of halogens is 5. The van der Waals surface area contributed by atoms with Crippen molar-refractivity contribution in [3.05, 3.63) is 92.4 Å². The SMILES string of the molecule is NC(=O)c1cc2c(c(F)c1-c1c(Cl)c(F)cc3c1C[C@](c1ccccc1)([C@@H]1CCCN1)O3)Oc1c(cnn(C3CC(F)(F)C3)c1=O)O2. The summed E-state index contributed by atoms with van der Waals surface area (Å²) in [5, 5.41) is 6.92. The summed E-state index contributed by atoms with van der Waals surface area (Å²) in [6.45, 7) is 0.741. The number of benzene rings is 3. The van der Waals surface area contributed by atoms with Gasteiger partial charge >= 0.3 is 5.56 Å². The van der Waals surface area contributed by atoms with E-state index in [2.05, 4.69) is 10.4 Å². The lowest BCUT2D eigenvalue weighted by Crippen LogP contribution is -2.48. The molecule has 1 aromatic heterocycles. The molecule has 0 unspecified atom stereocenters. The summed E-state index contributed by atoms with van der Waals surface area (Å²) in [5.41, 5.74) is 3.93. The molecule has 242 valence electrons. The molecule has 9 nitrogen and oxygen atoms in total. The second-order valence-corrected chi connectivity index (χ2v) is 12.6. The minimum Gasteiger partial charge on any atom is -0.480 e. The minimum absolute atomic E-state index is 0.112. The van der Waals surface area contributed by atoms with Crippen LogP contribution in [0.1, 0.15) is 53.2 Å². The number of alkyl halides is 2. The van der Waals surface area contributed by atoms with Crippen LogP contribution in [0.5, 0.6) is 28.7 Å². The number of primary amides is 1. The highest BCUT2D eigenvalue weighted by atomic mass is 35.5. The smallest absolute Gasteiger partial charge is 0.313 e. The molecule has 0 bridgehead atoms. The summed E-state index contributed by atoms with van der Waals surface area (Å²) in [5.74, 6) is -7.65. The monoisotopic (exact) mass is 668 g/mol. The van der Waals surface area contributed by atoms with E-state index in [1.54, 1.807) is 0 Å². The number of ether oxygens (including phenoxy) is 3. The van der Waals surface area contributed by atoms with Gasteiger partial charge in [-0.15, -0.1) is 0 Å². The van der Waals surface area contributed by atoms with Crippen molar-refractivity contribution in [1.82, 2.24) is 15.1 Å². The summed E-state index contributed by atoms with van der Waals surface area (Å²) in [4.78, 5) is 26.1. The van der Waals surface area contributed by atoms with Crippen molar-refractivity contribution in [2.24, 2.45) is 5.73 Å². The molecule has 3 aliphatic heterocycles. The first kappa shape index (κ1) is 29.8. The summed E-state index contributed by atoms with van der Waals surface area (Å²) in [6, 6.07) is 10.5. The summed E-state index contributed by atoms with van der Waals surface area (Å²) in [7, 11) is 0. The zero-order valence-electron chi connectivity index (χ0n) is 24.4. The Balaban J connectivity index is 1.28. The van der Waals surface area contributed by atoms with Gasteiger partial charge in [-0.2, -0.15) is 5.10 Å². The molecular formula is C33H25ClF4N4O5. The number of nitrogens with zero attached hydrogens (tertiary/aromatic N) is 2. The molecule has 8 rings (SSSR count). The van der Waals surface area contributed by atoms with Crippen LogP contribution >= 0.6 is 11.6 Å². The fraction of sp³-hybridized carbons (Fsp3) is 0.303. The molecule has 4 heterocycles. The molecule has 2 fully saturated rings. The van der Waals surface area contributed by atoms with Gasteiger partial charge in [0.1, 0.15) is 11.6 Å². The van der Waals surface area contributed by atoms with E-state index in [4.69, 9.17) is 31.5 Å². The average Bonchev–Trinajstić information content (AvgIpc) is 3.71. The fourth-order valence-electron chi connectivity index (χ4n) is 7.13. The first-order valence-electron chi connectivity index (χ1n) is 15.0. The molecule has 14 heteroatoms. The largest absolute Gasteiger partial charge is 0.480 e. The van der Waals surface area contributed by atoms with Gasteiger partial charge in [0, 0.05) is 42.0 Å². The predicted octanol–water partition coefficient (Wildman–Crippen LogP) is 6.39. The first-order valence-corrected chi connectivity index (χ1v) is 15.4. The van der Waals surface area contributed by atoms with Crippen molar-refractivity contribution in [3.63, 3.8) is 0 Å². The quantitative estimate of drug-likeness (QED) is 0.208. The van der Waals surface area contributed by atoms with Crippen LogP contribution in [-0.4, -0.2) is 34.2 Å². The maximum atomic E-state index is 16.9. The molecule has 2 atom stereocenters. The normalized spacial score (nSPS) is 22.3. The predicted molar refractivity (Wildman–Crippen MR) is 161 cm³/mol. The van der Waals surface area contributed by atoms with E-state index in [1.807, 2.05) is 30.3 Å². The van der Waals surface area contributed by atoms with Crippen molar-refractivity contribution in [2.75, 3.05) is 6.54 Å². The van der Waals surface area contributed by atoms with Gasteiger partial charge in [-0.25, -0.2) is 22.2 Å². The molecule has 3 N–H and O–H groups in total. The van der Waals surface area contributed by atoms with Crippen molar-refractivity contribution in [1.29, 1.82) is 0 Å². The van der Waals surface area contributed by atoms with E-state index in [-0.39, 0.29) is 35.3 Å². The third-order valence-corrected chi connectivity index (χ3v) is 9.74. The standard InChI is InChI=1S/C33H25ClF4N4O5/c34-26-19(35)10-20-18(13-33(47-20,23-7-4-8-40-23)15-5-2-1-3-6-15)24(26)25-17(30(39)43)9-21-28(27(25)36)46-29-22(45-21)14-41-42(31(29)44)16-11-32(37,38)12-16/h1-3,5-6,9-10,14,16,23,40H,4,7-8,11-13H2,(H2,39,43)/t23-,33-/m0/s1. The molecule has 47 heavy (non-hydrogen) atoms. The number of fused-ring (bicyclic) bond motifs is 3. The number of hydrogen-bond donors (Lipinski definition) is 2. The number of carbonyl (C=O) groups excluding carboxylic acids is 1. The van der Waals surface area contributed by atoms with E-state index in [1.165, 1.54) is 0 Å². The molecule has 0 spiro atoms. The number of rotatable bonds is 5. The Kier molecular flexibility index (Phi) is 6.61. The second-order valence-electron chi connectivity index (χ2n) is 12.2. The van der Waals surface area contributed by atoms with E-state index in [0.717, 1.165) is 48.0 Å². The van der Waals surface area contributed by atoms with Crippen molar-refractivity contribution < 1.29 is 36.6 Å². The number of nitrogens with two attached hydrogens (primary N) is 1. The molecule has 3 aromatic carbocycles. The third kappa shape index (κ3) is 4.50. The van der Waals surface area contributed by atoms with E-state index >= 15 is 8.78 Å². The molecule has 1 saturated carbocycles. The third-order valence-electron chi connectivity index (χ3n) is 9.37. The fourth-order valence-corrected chi connectivity index (χ4v) is 7.39. The summed E-state index contributed by atoms with van der Waals surface area (Å²) >= 11 is 6.59. The molecule has 1 amide bonds. The zero-order chi connectivity index (χ0) is 32.8. The Morgan fingerprint density at radius 3 is 2.49 bits per heavy atom. The molecule has 0 radical (unpaired) electrons. The lowest BCUT2D eigenvalue weighted by molar-refractivity contribution is -0.108. The molecule has 1 aliphatic carbocycles. The van der Waals surface area contributed by atoms with Gasteiger partial charge in [0.25, 0.3) is 5.92 Å². The lowest BCUT2D eigenvalue weighted by atomic mass is 9.80. The van der Waals surface area contributed by atoms with Gasteiger partial charge in [-0.1, -0.05) is 41.9 Å². The Labute approximate surface area is 269 Å². The van der Waals surface area contributed by atoms with Crippen LogP contribution in [0.4, 0.5) is 17.6 Å². The van der Waals surface area contributed by atoms with Gasteiger partial charge in [-0.3, -0.25) is 9.59 Å². The van der Waals surface area contributed by atoms with Crippen LogP contribution < -0.4 is 30.8 Å². The molecule has 4 aliphatic rings. The molecule has 1 saturated heterocycles. The average molecular weight is 669 g/mol. The van der Waals surface area contributed by atoms with E-state index in [9.17, 15) is 18.4 Å². The minimum atomic E-state index is -2.93. The van der Waals surface area contributed by atoms with Gasteiger partial charge in [0.05, 0.1) is 28.9 Å². The van der Waals surface area contributed by atoms with Gasteiger partial charge < -0.3 is 25.3 Å². The van der Waals surface area contributed by atoms with Gasteiger partial charge in [-0.05, 0) is 31.0 Å². The van der Waals surface area contributed by atoms with Crippen LogP contribution in [0.3, 0.4) is 0 Å². The van der Waals surface area contributed by atoms with Crippen molar-refractivity contribution >= 4 is 17.5 Å². The van der Waals surface area contributed by atoms with Crippen LogP contribution in [0.25, 0.3) is 11.1 Å². The van der Waals surface area contributed by atoms with E-state index in [0.29, 0.717) is 5.56 Å². The van der Waals surface area contributed by atoms with Crippen LogP contribution in [0, 0.1) is 11.6 Å². The number of carbonyl (C=O) groups is 1. The van der Waals surface area contributed by atoms with Crippen LogP contribution in [0.2, 0.25) is 5.02 Å². The van der Waals surface area contributed by atoms with E-state index < -0.39 is 81.2 Å². The second kappa shape index (κ2) is 10.4. The van der Waals surface area contributed by atoms with Crippen molar-refractivity contribution in [2.45, 2.75) is 55.7 Å². The Morgan fingerprint density at radius 1 is 1.04 bits per heavy atom. The van der Waals surface area contributed by atoms with Crippen LogP contribution in [0.15, 0.2) is 53.5 Å². The number of nitrogens with one attached hydrogen (secondary N) is 1. The Morgan fingerprint density at radius 2 is 1.81 bits per heavy atom. The van der Waals surface area contributed by atoms with Gasteiger partial charge in [0.15, 0.2) is 22.9 Å².